The highest BCUT2D eigenvalue weighted by Gasteiger charge is 2.36. The van der Waals surface area contributed by atoms with Crippen LogP contribution in [0.15, 0.2) is 24.3 Å². The molecule has 33 heavy (non-hydrogen) atoms. The van der Waals surface area contributed by atoms with Crippen molar-refractivity contribution in [2.45, 2.75) is 89.9 Å². The molecule has 2 nitrogen and oxygen atoms in total. The van der Waals surface area contributed by atoms with E-state index >= 15 is 4.39 Å². The van der Waals surface area contributed by atoms with Crippen LogP contribution in [0.5, 0.6) is 0 Å². The van der Waals surface area contributed by atoms with E-state index in [1.54, 1.807) is 6.07 Å². The zero-order chi connectivity index (χ0) is 23.4. The van der Waals surface area contributed by atoms with Gasteiger partial charge in [0.1, 0.15) is 11.6 Å². The molecule has 0 aliphatic heterocycles. The van der Waals surface area contributed by atoms with Gasteiger partial charge >= 0.3 is 5.97 Å². The lowest BCUT2D eigenvalue weighted by molar-refractivity contribution is 0.0596. The normalized spacial score (nSPS) is 25.1. The van der Waals surface area contributed by atoms with Crippen molar-refractivity contribution in [3.05, 3.63) is 47.0 Å². The maximum atomic E-state index is 15.1. The molecule has 180 valence electrons. The number of fused-ring (bicyclic) bond motifs is 2. The van der Waals surface area contributed by atoms with Crippen LogP contribution in [-0.2, 0) is 4.74 Å². The van der Waals surface area contributed by atoms with E-state index in [0.717, 1.165) is 24.7 Å². The summed E-state index contributed by atoms with van der Waals surface area (Å²) in [5.41, 5.74) is 0.559. The van der Waals surface area contributed by atoms with E-state index in [0.29, 0.717) is 16.9 Å². The SMILES string of the molecule is CCCCCCCC1CCC2CC(c3cc4ccc(C(=O)OC)c(F)c4cc3F)CCC2C1. The van der Waals surface area contributed by atoms with Gasteiger partial charge in [0, 0.05) is 5.39 Å². The van der Waals surface area contributed by atoms with E-state index in [-0.39, 0.29) is 22.7 Å². The van der Waals surface area contributed by atoms with Crippen LogP contribution in [0, 0.1) is 29.4 Å². The van der Waals surface area contributed by atoms with Gasteiger partial charge in [-0.05, 0) is 84.9 Å². The van der Waals surface area contributed by atoms with E-state index < -0.39 is 11.8 Å². The van der Waals surface area contributed by atoms with Crippen LogP contribution in [0.4, 0.5) is 8.78 Å². The monoisotopic (exact) mass is 456 g/mol. The Balaban J connectivity index is 1.41. The van der Waals surface area contributed by atoms with Crippen molar-refractivity contribution >= 4 is 16.7 Å². The molecular weight excluding hydrogens is 418 g/mol. The first-order valence-corrected chi connectivity index (χ1v) is 13.0. The summed E-state index contributed by atoms with van der Waals surface area (Å²) < 4.78 is 34.6. The van der Waals surface area contributed by atoms with Crippen molar-refractivity contribution in [1.82, 2.24) is 0 Å². The summed E-state index contributed by atoms with van der Waals surface area (Å²) >= 11 is 0. The lowest BCUT2D eigenvalue weighted by atomic mass is 9.63. The topological polar surface area (TPSA) is 26.3 Å². The van der Waals surface area contributed by atoms with Gasteiger partial charge in [-0.3, -0.25) is 0 Å². The van der Waals surface area contributed by atoms with Crippen LogP contribution in [-0.4, -0.2) is 13.1 Å². The fraction of sp³-hybridized carbons (Fsp3) is 0.621. The highest BCUT2D eigenvalue weighted by Crippen LogP contribution is 2.49. The summed E-state index contributed by atoms with van der Waals surface area (Å²) in [6, 6.07) is 6.21. The Hall–Kier alpha value is -1.97. The molecule has 0 heterocycles. The first kappa shape index (κ1) is 24.2. The number of methoxy groups -OCH3 is 1. The number of hydrogen-bond acceptors (Lipinski definition) is 2. The van der Waals surface area contributed by atoms with Crippen molar-refractivity contribution in [2.75, 3.05) is 7.11 Å². The average molecular weight is 457 g/mol. The van der Waals surface area contributed by atoms with Gasteiger partial charge < -0.3 is 4.74 Å². The quantitative estimate of drug-likeness (QED) is 0.294. The summed E-state index contributed by atoms with van der Waals surface area (Å²) in [5.74, 6) is 0.758. The summed E-state index contributed by atoms with van der Waals surface area (Å²) in [4.78, 5) is 11.8. The molecule has 2 aromatic rings. The lowest BCUT2D eigenvalue weighted by Gasteiger charge is -2.42. The van der Waals surface area contributed by atoms with Gasteiger partial charge in [0.25, 0.3) is 0 Å². The average Bonchev–Trinajstić information content (AvgIpc) is 2.83. The first-order valence-electron chi connectivity index (χ1n) is 13.0. The fourth-order valence-electron chi connectivity index (χ4n) is 6.47. The Labute approximate surface area is 197 Å². The Bertz CT molecular complexity index is 970. The Morgan fingerprint density at radius 1 is 0.970 bits per heavy atom. The Kier molecular flexibility index (Phi) is 8.03. The largest absolute Gasteiger partial charge is 0.465 e. The molecule has 4 atom stereocenters. The maximum absolute atomic E-state index is 15.1. The highest BCUT2D eigenvalue weighted by atomic mass is 19.1. The number of esters is 1. The predicted octanol–water partition coefficient (Wildman–Crippen LogP) is 8.57. The molecule has 0 N–H and O–H groups in total. The minimum absolute atomic E-state index is 0.146. The van der Waals surface area contributed by atoms with Crippen LogP contribution in [0.2, 0.25) is 0 Å². The van der Waals surface area contributed by atoms with Crippen LogP contribution in [0.1, 0.15) is 106 Å². The van der Waals surface area contributed by atoms with Crippen LogP contribution in [0.25, 0.3) is 10.8 Å². The number of halogens is 2. The van der Waals surface area contributed by atoms with Crippen molar-refractivity contribution in [3.63, 3.8) is 0 Å². The molecule has 2 aromatic carbocycles. The van der Waals surface area contributed by atoms with Gasteiger partial charge in [-0.1, -0.05) is 57.9 Å². The Morgan fingerprint density at radius 3 is 2.52 bits per heavy atom. The van der Waals surface area contributed by atoms with Gasteiger partial charge in [-0.15, -0.1) is 0 Å². The van der Waals surface area contributed by atoms with Crippen molar-refractivity contribution in [2.24, 2.45) is 17.8 Å². The number of unbranched alkanes of at least 4 members (excludes halogenated alkanes) is 4. The maximum Gasteiger partial charge on any atom is 0.340 e. The molecule has 2 aliphatic rings. The van der Waals surface area contributed by atoms with E-state index in [1.165, 1.54) is 83.5 Å². The smallest absolute Gasteiger partial charge is 0.340 e. The highest BCUT2D eigenvalue weighted by molar-refractivity contribution is 5.96. The molecule has 0 aromatic heterocycles. The minimum atomic E-state index is -0.742. The number of hydrogen-bond donors (Lipinski definition) is 0. The molecule has 2 fully saturated rings. The van der Waals surface area contributed by atoms with Gasteiger partial charge in [0.05, 0.1) is 12.7 Å². The number of rotatable bonds is 8. The van der Waals surface area contributed by atoms with Crippen molar-refractivity contribution < 1.29 is 18.3 Å². The van der Waals surface area contributed by atoms with Crippen molar-refractivity contribution in [1.29, 1.82) is 0 Å². The van der Waals surface area contributed by atoms with Crippen LogP contribution in [0.3, 0.4) is 0 Å². The molecule has 4 unspecified atom stereocenters. The summed E-state index contributed by atoms with van der Waals surface area (Å²) in [5, 5.41) is 0.790. The van der Waals surface area contributed by atoms with Crippen LogP contribution >= 0.6 is 0 Å². The summed E-state index contributed by atoms with van der Waals surface area (Å²) in [6.07, 6.45) is 15.4. The van der Waals surface area contributed by atoms with Crippen molar-refractivity contribution in [3.8, 4) is 0 Å². The standard InChI is InChI=1S/C29H38F2O2/c1-3-4-5-6-7-8-19-9-10-21-16-22(12-11-20(21)15-19)25-17-23-13-14-24(29(32)33-2)28(31)26(23)18-27(25)30/h13-14,17-22H,3-12,15-16H2,1-2H3. The number of carbonyl (C=O) groups is 1. The third kappa shape index (κ3) is 5.41. The molecule has 2 aliphatic carbocycles. The zero-order valence-electron chi connectivity index (χ0n) is 20.2. The fourth-order valence-corrected chi connectivity index (χ4v) is 6.47. The Morgan fingerprint density at radius 2 is 1.73 bits per heavy atom. The molecule has 0 spiro atoms. The van der Waals surface area contributed by atoms with E-state index in [1.807, 2.05) is 6.07 Å². The molecule has 4 heteroatoms. The summed E-state index contributed by atoms with van der Waals surface area (Å²) in [6.45, 7) is 2.26. The third-order valence-corrected chi connectivity index (χ3v) is 8.35. The second-order valence-corrected chi connectivity index (χ2v) is 10.4. The molecule has 2 saturated carbocycles. The molecule has 0 saturated heterocycles. The molecule has 0 amide bonds. The van der Waals surface area contributed by atoms with Gasteiger partial charge in [-0.25, -0.2) is 13.6 Å². The summed E-state index contributed by atoms with van der Waals surface area (Å²) in [7, 11) is 1.22. The second-order valence-electron chi connectivity index (χ2n) is 10.4. The number of benzene rings is 2. The zero-order valence-corrected chi connectivity index (χ0v) is 20.2. The number of carbonyl (C=O) groups excluding carboxylic acids is 1. The van der Waals surface area contributed by atoms with E-state index in [9.17, 15) is 9.18 Å². The molecular formula is C29H38F2O2. The number of ether oxygens (including phenoxy) is 1. The van der Waals surface area contributed by atoms with Gasteiger partial charge in [-0.2, -0.15) is 0 Å². The lowest BCUT2D eigenvalue weighted by Crippen LogP contribution is -2.30. The van der Waals surface area contributed by atoms with E-state index in [4.69, 9.17) is 0 Å². The molecule has 0 bridgehead atoms. The molecule has 4 rings (SSSR count). The second kappa shape index (κ2) is 11.0. The van der Waals surface area contributed by atoms with Crippen LogP contribution < -0.4 is 0 Å². The molecule has 0 radical (unpaired) electrons. The minimum Gasteiger partial charge on any atom is -0.465 e. The van der Waals surface area contributed by atoms with Gasteiger partial charge in [0.15, 0.2) is 0 Å². The predicted molar refractivity (Wildman–Crippen MR) is 129 cm³/mol. The van der Waals surface area contributed by atoms with Gasteiger partial charge in [0.2, 0.25) is 0 Å². The third-order valence-electron chi connectivity index (χ3n) is 8.35. The van der Waals surface area contributed by atoms with E-state index in [2.05, 4.69) is 11.7 Å². The first-order chi connectivity index (χ1) is 16.0.